The van der Waals surface area contributed by atoms with Crippen molar-refractivity contribution >= 4 is 22.8 Å². The number of benzene rings is 1. The highest BCUT2D eigenvalue weighted by molar-refractivity contribution is 8.93. The van der Waals surface area contributed by atoms with Gasteiger partial charge in [0.25, 0.3) is 0 Å². The second kappa shape index (κ2) is 5.57. The molecule has 1 aliphatic rings. The van der Waals surface area contributed by atoms with Gasteiger partial charge in [0.2, 0.25) is 0 Å². The van der Waals surface area contributed by atoms with E-state index in [0.717, 1.165) is 12.2 Å². The molecular formula is C14H19BrN2O. The first-order valence-corrected chi connectivity index (χ1v) is 5.77. The molecule has 0 saturated heterocycles. The highest BCUT2D eigenvalue weighted by Crippen LogP contribution is 2.23. The molecule has 0 atom stereocenters. The third-order valence-electron chi connectivity index (χ3n) is 3.19. The van der Waals surface area contributed by atoms with Crippen molar-refractivity contribution in [1.82, 2.24) is 9.80 Å². The zero-order valence-corrected chi connectivity index (χ0v) is 12.7. The minimum atomic E-state index is -0.511. The Morgan fingerprint density at radius 1 is 1.17 bits per heavy atom. The van der Waals surface area contributed by atoms with Gasteiger partial charge in [-0.2, -0.15) is 0 Å². The molecule has 0 bridgehead atoms. The largest absolute Gasteiger partial charge is 0.362 e. The summed E-state index contributed by atoms with van der Waals surface area (Å²) in [7, 11) is 2.00. The summed E-state index contributed by atoms with van der Waals surface area (Å²) in [6, 6.07) is 9.46. The summed E-state index contributed by atoms with van der Waals surface area (Å²) in [6.07, 6.45) is 3.96. The van der Waals surface area contributed by atoms with E-state index in [1.54, 1.807) is 0 Å². The molecular weight excluding hydrogens is 292 g/mol. The Hall–Kier alpha value is -1.29. The fourth-order valence-electron chi connectivity index (χ4n) is 1.97. The summed E-state index contributed by atoms with van der Waals surface area (Å²) in [5.41, 5.74) is 0.253. The molecule has 0 spiro atoms. The van der Waals surface area contributed by atoms with Gasteiger partial charge in [0.1, 0.15) is 0 Å². The standard InChI is InChI=1S/C14H18N2O.BrH/c1-14(2,16-10-9-15(3)11-16)13(17)12-7-5-4-6-8-12;/h4-10H,11H2,1-3H3;1H. The van der Waals surface area contributed by atoms with Crippen LogP contribution in [0.25, 0.3) is 0 Å². The van der Waals surface area contributed by atoms with Gasteiger partial charge in [-0.15, -0.1) is 17.0 Å². The van der Waals surface area contributed by atoms with Gasteiger partial charge in [0, 0.05) is 25.0 Å². The predicted octanol–water partition coefficient (Wildman–Crippen LogP) is 2.90. The van der Waals surface area contributed by atoms with E-state index >= 15 is 0 Å². The zero-order chi connectivity index (χ0) is 12.5. The maximum absolute atomic E-state index is 12.5. The normalized spacial score (nSPS) is 14.6. The Labute approximate surface area is 119 Å². The number of rotatable bonds is 3. The van der Waals surface area contributed by atoms with E-state index in [0.29, 0.717) is 0 Å². The second-order valence-corrected chi connectivity index (χ2v) is 4.92. The second-order valence-electron chi connectivity index (χ2n) is 4.92. The van der Waals surface area contributed by atoms with Gasteiger partial charge in [-0.25, -0.2) is 0 Å². The van der Waals surface area contributed by atoms with Gasteiger partial charge in [-0.05, 0) is 13.8 Å². The van der Waals surface area contributed by atoms with Crippen LogP contribution >= 0.6 is 17.0 Å². The van der Waals surface area contributed by atoms with E-state index in [9.17, 15) is 4.79 Å². The monoisotopic (exact) mass is 310 g/mol. The van der Waals surface area contributed by atoms with Crippen molar-refractivity contribution in [2.75, 3.05) is 13.7 Å². The smallest absolute Gasteiger partial charge is 0.187 e. The molecule has 2 rings (SSSR count). The highest BCUT2D eigenvalue weighted by atomic mass is 79.9. The summed E-state index contributed by atoms with van der Waals surface area (Å²) in [5, 5.41) is 0. The van der Waals surface area contributed by atoms with Gasteiger partial charge in [-0.3, -0.25) is 4.79 Å². The molecule has 1 aromatic rings. The summed E-state index contributed by atoms with van der Waals surface area (Å²) in [5.74, 6) is 0.151. The molecule has 0 amide bonds. The lowest BCUT2D eigenvalue weighted by atomic mass is 9.92. The van der Waals surface area contributed by atoms with Crippen molar-refractivity contribution in [3.05, 3.63) is 48.3 Å². The van der Waals surface area contributed by atoms with E-state index in [1.165, 1.54) is 0 Å². The van der Waals surface area contributed by atoms with Crippen molar-refractivity contribution in [2.24, 2.45) is 0 Å². The lowest BCUT2D eigenvalue weighted by Crippen LogP contribution is -2.47. The number of carbonyl (C=O) groups is 1. The van der Waals surface area contributed by atoms with Crippen LogP contribution in [0.4, 0.5) is 0 Å². The average Bonchev–Trinajstić information content (AvgIpc) is 2.77. The Morgan fingerprint density at radius 3 is 2.28 bits per heavy atom. The molecule has 0 aliphatic carbocycles. The number of nitrogens with zero attached hydrogens (tertiary/aromatic N) is 2. The summed E-state index contributed by atoms with van der Waals surface area (Å²) in [4.78, 5) is 16.6. The van der Waals surface area contributed by atoms with Crippen LogP contribution in [0, 0.1) is 0 Å². The van der Waals surface area contributed by atoms with Crippen LogP contribution in [0.15, 0.2) is 42.7 Å². The Kier molecular flexibility index (Phi) is 4.57. The number of hydrogen-bond donors (Lipinski definition) is 0. The minimum absolute atomic E-state index is 0. The van der Waals surface area contributed by atoms with Gasteiger partial charge in [-0.1, -0.05) is 30.3 Å². The van der Waals surface area contributed by atoms with Gasteiger partial charge in [0.15, 0.2) is 5.78 Å². The lowest BCUT2D eigenvalue weighted by Gasteiger charge is -2.34. The topological polar surface area (TPSA) is 23.6 Å². The number of halogens is 1. The Morgan fingerprint density at radius 2 is 1.78 bits per heavy atom. The van der Waals surface area contributed by atoms with E-state index in [2.05, 4.69) is 9.80 Å². The summed E-state index contributed by atoms with van der Waals surface area (Å²) < 4.78 is 0. The summed E-state index contributed by atoms with van der Waals surface area (Å²) in [6.45, 7) is 4.68. The molecule has 1 heterocycles. The lowest BCUT2D eigenvalue weighted by molar-refractivity contribution is 0.0720. The first-order chi connectivity index (χ1) is 8.01. The minimum Gasteiger partial charge on any atom is -0.362 e. The Bertz CT molecular complexity index is 442. The number of Topliss-reactive ketones (excluding diaryl/α,β-unsaturated/α-hetero) is 1. The molecule has 0 fully saturated rings. The van der Waals surface area contributed by atoms with Crippen LogP contribution in [0.5, 0.6) is 0 Å². The van der Waals surface area contributed by atoms with Crippen LogP contribution in [-0.4, -0.2) is 34.8 Å². The fraction of sp³-hybridized carbons (Fsp3) is 0.357. The van der Waals surface area contributed by atoms with E-state index in [1.807, 2.05) is 63.6 Å². The molecule has 18 heavy (non-hydrogen) atoms. The quantitative estimate of drug-likeness (QED) is 0.802. The Balaban J connectivity index is 0.00000162. The molecule has 1 aromatic carbocycles. The van der Waals surface area contributed by atoms with Crippen molar-refractivity contribution in [3.8, 4) is 0 Å². The van der Waals surface area contributed by atoms with Gasteiger partial charge in [0.05, 0.1) is 12.2 Å². The van der Waals surface area contributed by atoms with E-state index in [4.69, 9.17) is 0 Å². The van der Waals surface area contributed by atoms with Crippen molar-refractivity contribution in [1.29, 1.82) is 0 Å². The van der Waals surface area contributed by atoms with Crippen molar-refractivity contribution in [2.45, 2.75) is 19.4 Å². The maximum atomic E-state index is 12.5. The first-order valence-electron chi connectivity index (χ1n) is 5.77. The van der Waals surface area contributed by atoms with Crippen LogP contribution in [0.3, 0.4) is 0 Å². The van der Waals surface area contributed by atoms with Crippen molar-refractivity contribution < 1.29 is 4.79 Å². The van der Waals surface area contributed by atoms with Gasteiger partial charge >= 0.3 is 0 Å². The molecule has 1 aliphatic heterocycles. The average molecular weight is 311 g/mol. The molecule has 3 nitrogen and oxygen atoms in total. The molecule has 0 N–H and O–H groups in total. The number of carbonyl (C=O) groups excluding carboxylic acids is 1. The molecule has 98 valence electrons. The predicted molar refractivity (Wildman–Crippen MR) is 78.8 cm³/mol. The molecule has 0 saturated carbocycles. The number of hydrogen-bond acceptors (Lipinski definition) is 3. The van der Waals surface area contributed by atoms with Crippen LogP contribution in [0.1, 0.15) is 24.2 Å². The third-order valence-corrected chi connectivity index (χ3v) is 3.19. The van der Waals surface area contributed by atoms with E-state index < -0.39 is 5.54 Å². The van der Waals surface area contributed by atoms with Crippen LogP contribution in [0.2, 0.25) is 0 Å². The molecule has 0 aromatic heterocycles. The van der Waals surface area contributed by atoms with E-state index in [-0.39, 0.29) is 22.8 Å². The van der Waals surface area contributed by atoms with Crippen LogP contribution in [-0.2, 0) is 0 Å². The third kappa shape index (κ3) is 2.75. The molecule has 4 heteroatoms. The maximum Gasteiger partial charge on any atom is 0.187 e. The fourth-order valence-corrected chi connectivity index (χ4v) is 1.97. The molecule has 0 radical (unpaired) electrons. The van der Waals surface area contributed by atoms with Gasteiger partial charge < -0.3 is 9.80 Å². The SMILES string of the molecule is Br.CN1C=CN(C(C)(C)C(=O)c2ccccc2)C1. The molecule has 0 unspecified atom stereocenters. The summed E-state index contributed by atoms with van der Waals surface area (Å²) >= 11 is 0. The first kappa shape index (κ1) is 14.8. The zero-order valence-electron chi connectivity index (χ0n) is 11.0. The van der Waals surface area contributed by atoms with Crippen LogP contribution < -0.4 is 0 Å². The highest BCUT2D eigenvalue weighted by Gasteiger charge is 2.35. The van der Waals surface area contributed by atoms with Crippen molar-refractivity contribution in [3.63, 3.8) is 0 Å². The number of ketones is 1.